The summed E-state index contributed by atoms with van der Waals surface area (Å²) in [5.74, 6) is -0.879. The highest BCUT2D eigenvalue weighted by Crippen LogP contribution is 2.09. The molecule has 0 radical (unpaired) electrons. The second kappa shape index (κ2) is 6.58. The number of amides is 1. The van der Waals surface area contributed by atoms with E-state index in [1.807, 2.05) is 60.3 Å². The fraction of sp³-hybridized carbons (Fsp3) is 0.250. The molecule has 1 atom stereocenters. The fourth-order valence-corrected chi connectivity index (χ4v) is 2.03. The van der Waals surface area contributed by atoms with Crippen LogP contribution in [0.5, 0.6) is 0 Å². The number of carbonyl (C=O) groups excluding carboxylic acids is 1. The lowest BCUT2D eigenvalue weighted by Gasteiger charge is -2.11. The summed E-state index contributed by atoms with van der Waals surface area (Å²) in [6.45, 7) is 0.440. The summed E-state index contributed by atoms with van der Waals surface area (Å²) in [5, 5.41) is 12.0. The number of benzene rings is 1. The molecular formula is C16H17N3O. The molecule has 1 N–H and O–H groups in total. The Morgan fingerprint density at radius 2 is 2.05 bits per heavy atom. The van der Waals surface area contributed by atoms with Crippen LogP contribution in [0.15, 0.2) is 48.7 Å². The fourth-order valence-electron chi connectivity index (χ4n) is 2.03. The van der Waals surface area contributed by atoms with Gasteiger partial charge in [0.25, 0.3) is 0 Å². The lowest BCUT2D eigenvalue weighted by atomic mass is 10.00. The van der Waals surface area contributed by atoms with Crippen LogP contribution >= 0.6 is 0 Å². The molecule has 0 aliphatic heterocycles. The van der Waals surface area contributed by atoms with Crippen LogP contribution in [0.3, 0.4) is 0 Å². The molecule has 2 rings (SSSR count). The zero-order chi connectivity index (χ0) is 14.4. The molecule has 1 unspecified atom stereocenters. The maximum absolute atomic E-state index is 12.0. The third-order valence-electron chi connectivity index (χ3n) is 3.25. The van der Waals surface area contributed by atoms with Gasteiger partial charge in [0.15, 0.2) is 0 Å². The normalized spacial score (nSPS) is 11.6. The Labute approximate surface area is 118 Å². The lowest BCUT2D eigenvalue weighted by Crippen LogP contribution is -2.31. The largest absolute Gasteiger partial charge is 0.353 e. The van der Waals surface area contributed by atoms with Crippen molar-refractivity contribution in [3.05, 3.63) is 59.9 Å². The molecule has 2 aromatic rings. The van der Waals surface area contributed by atoms with Gasteiger partial charge in [-0.3, -0.25) is 4.79 Å². The highest BCUT2D eigenvalue weighted by Gasteiger charge is 2.18. The SMILES string of the molecule is Cn1cccc1CNC(=O)C(C#N)Cc1ccccc1. The molecule has 0 fully saturated rings. The van der Waals surface area contributed by atoms with Crippen molar-refractivity contribution < 1.29 is 4.79 Å². The van der Waals surface area contributed by atoms with E-state index in [1.54, 1.807) is 0 Å². The first kappa shape index (κ1) is 13.9. The highest BCUT2D eigenvalue weighted by atomic mass is 16.1. The molecule has 0 spiro atoms. The Hall–Kier alpha value is -2.54. The summed E-state index contributed by atoms with van der Waals surface area (Å²) in [5.41, 5.74) is 2.00. The number of nitriles is 1. The summed E-state index contributed by atoms with van der Waals surface area (Å²) in [6.07, 6.45) is 2.36. The number of nitrogens with one attached hydrogen (secondary N) is 1. The van der Waals surface area contributed by atoms with Crippen molar-refractivity contribution in [2.75, 3.05) is 0 Å². The van der Waals surface area contributed by atoms with Gasteiger partial charge >= 0.3 is 0 Å². The topological polar surface area (TPSA) is 57.8 Å². The molecule has 1 aromatic heterocycles. The second-order valence-corrected chi connectivity index (χ2v) is 4.70. The van der Waals surface area contributed by atoms with E-state index in [-0.39, 0.29) is 5.91 Å². The van der Waals surface area contributed by atoms with Gasteiger partial charge in [-0.15, -0.1) is 0 Å². The standard InChI is InChI=1S/C16H17N3O/c1-19-9-5-8-15(19)12-18-16(20)14(11-17)10-13-6-3-2-4-7-13/h2-9,14H,10,12H2,1H3,(H,18,20). The van der Waals surface area contributed by atoms with E-state index in [1.165, 1.54) is 0 Å². The maximum Gasteiger partial charge on any atom is 0.238 e. The number of carbonyl (C=O) groups is 1. The molecule has 4 heteroatoms. The van der Waals surface area contributed by atoms with Crippen LogP contribution in [-0.4, -0.2) is 10.5 Å². The van der Waals surface area contributed by atoms with Crippen LogP contribution in [-0.2, 0) is 24.8 Å². The van der Waals surface area contributed by atoms with Crippen molar-refractivity contribution in [3.63, 3.8) is 0 Å². The minimum Gasteiger partial charge on any atom is -0.353 e. The molecule has 0 saturated carbocycles. The number of nitrogens with zero attached hydrogens (tertiary/aromatic N) is 2. The van der Waals surface area contributed by atoms with Crippen LogP contribution in [0.25, 0.3) is 0 Å². The van der Waals surface area contributed by atoms with Crippen molar-refractivity contribution in [1.82, 2.24) is 9.88 Å². The van der Waals surface area contributed by atoms with Crippen LogP contribution in [0.1, 0.15) is 11.3 Å². The van der Waals surface area contributed by atoms with E-state index in [0.717, 1.165) is 11.3 Å². The van der Waals surface area contributed by atoms with Gasteiger partial charge in [0, 0.05) is 18.9 Å². The molecule has 4 nitrogen and oxygen atoms in total. The van der Waals surface area contributed by atoms with Crippen LogP contribution < -0.4 is 5.32 Å². The number of aryl methyl sites for hydroxylation is 1. The molecule has 1 aromatic carbocycles. The third kappa shape index (κ3) is 3.48. The highest BCUT2D eigenvalue weighted by molar-refractivity contribution is 5.81. The van der Waals surface area contributed by atoms with E-state index in [0.29, 0.717) is 13.0 Å². The summed E-state index contributed by atoms with van der Waals surface area (Å²) >= 11 is 0. The zero-order valence-corrected chi connectivity index (χ0v) is 11.4. The van der Waals surface area contributed by atoms with Gasteiger partial charge in [-0.2, -0.15) is 5.26 Å². The van der Waals surface area contributed by atoms with Crippen LogP contribution in [0, 0.1) is 17.2 Å². The van der Waals surface area contributed by atoms with E-state index in [2.05, 4.69) is 11.4 Å². The van der Waals surface area contributed by atoms with Gasteiger partial charge in [0.05, 0.1) is 12.6 Å². The predicted octanol–water partition coefficient (Wildman–Crippen LogP) is 2.02. The Morgan fingerprint density at radius 3 is 2.65 bits per heavy atom. The van der Waals surface area contributed by atoms with Gasteiger partial charge in [-0.25, -0.2) is 0 Å². The quantitative estimate of drug-likeness (QED) is 0.901. The molecule has 0 saturated heterocycles. The maximum atomic E-state index is 12.0. The number of hydrogen-bond acceptors (Lipinski definition) is 2. The van der Waals surface area contributed by atoms with E-state index < -0.39 is 5.92 Å². The average Bonchev–Trinajstić information content (AvgIpc) is 2.88. The van der Waals surface area contributed by atoms with Crippen molar-refractivity contribution in [3.8, 4) is 6.07 Å². The molecule has 1 heterocycles. The lowest BCUT2D eigenvalue weighted by molar-refractivity contribution is -0.123. The Bertz CT molecular complexity index is 610. The Balaban J connectivity index is 1.93. The first-order chi connectivity index (χ1) is 9.70. The Morgan fingerprint density at radius 1 is 1.30 bits per heavy atom. The summed E-state index contributed by atoms with van der Waals surface area (Å²) in [4.78, 5) is 12.0. The molecule has 20 heavy (non-hydrogen) atoms. The van der Waals surface area contributed by atoms with Gasteiger partial charge in [0.1, 0.15) is 5.92 Å². The van der Waals surface area contributed by atoms with Crippen molar-refractivity contribution >= 4 is 5.91 Å². The van der Waals surface area contributed by atoms with Crippen molar-refractivity contribution in [2.45, 2.75) is 13.0 Å². The number of rotatable bonds is 5. The van der Waals surface area contributed by atoms with Gasteiger partial charge in [0.2, 0.25) is 5.91 Å². The van der Waals surface area contributed by atoms with E-state index in [4.69, 9.17) is 5.26 Å². The van der Waals surface area contributed by atoms with Gasteiger partial charge in [-0.1, -0.05) is 30.3 Å². The first-order valence-corrected chi connectivity index (χ1v) is 6.52. The second-order valence-electron chi connectivity index (χ2n) is 4.70. The van der Waals surface area contributed by atoms with Crippen molar-refractivity contribution in [1.29, 1.82) is 5.26 Å². The summed E-state index contributed by atoms with van der Waals surface area (Å²) in [6, 6.07) is 15.5. The van der Waals surface area contributed by atoms with Crippen LogP contribution in [0.2, 0.25) is 0 Å². The summed E-state index contributed by atoms with van der Waals surface area (Å²) in [7, 11) is 1.92. The van der Waals surface area contributed by atoms with E-state index >= 15 is 0 Å². The molecule has 0 aliphatic carbocycles. The molecule has 1 amide bonds. The number of aromatic nitrogens is 1. The molecular weight excluding hydrogens is 250 g/mol. The third-order valence-corrected chi connectivity index (χ3v) is 3.25. The van der Waals surface area contributed by atoms with Gasteiger partial charge in [-0.05, 0) is 24.1 Å². The predicted molar refractivity (Wildman–Crippen MR) is 76.5 cm³/mol. The van der Waals surface area contributed by atoms with Gasteiger partial charge < -0.3 is 9.88 Å². The molecule has 102 valence electrons. The molecule has 0 aliphatic rings. The number of hydrogen-bond donors (Lipinski definition) is 1. The minimum absolute atomic E-state index is 0.224. The first-order valence-electron chi connectivity index (χ1n) is 6.52. The molecule has 0 bridgehead atoms. The Kier molecular flexibility index (Phi) is 4.56. The van der Waals surface area contributed by atoms with Crippen LogP contribution in [0.4, 0.5) is 0 Å². The summed E-state index contributed by atoms with van der Waals surface area (Å²) < 4.78 is 1.94. The average molecular weight is 267 g/mol. The van der Waals surface area contributed by atoms with E-state index in [9.17, 15) is 4.79 Å². The monoisotopic (exact) mass is 267 g/mol. The van der Waals surface area contributed by atoms with Crippen molar-refractivity contribution in [2.24, 2.45) is 13.0 Å². The smallest absolute Gasteiger partial charge is 0.238 e. The minimum atomic E-state index is -0.655. The zero-order valence-electron chi connectivity index (χ0n) is 11.4.